The molecular weight excluding hydrogens is 244 g/mol. The first-order chi connectivity index (χ1) is 8.09. The Morgan fingerprint density at radius 2 is 1.94 bits per heavy atom. The molecule has 0 spiro atoms. The zero-order chi connectivity index (χ0) is 12.7. The van der Waals surface area contributed by atoms with E-state index in [0.717, 1.165) is 5.56 Å². The van der Waals surface area contributed by atoms with E-state index >= 15 is 0 Å². The molecule has 0 aromatic heterocycles. The van der Waals surface area contributed by atoms with E-state index in [-0.39, 0.29) is 19.0 Å². The molecule has 3 N–H and O–H groups in total. The number of carbonyl (C=O) groups is 2. The van der Waals surface area contributed by atoms with E-state index in [1.807, 2.05) is 18.2 Å². The molecule has 1 rings (SSSR count). The highest BCUT2D eigenvalue weighted by Crippen LogP contribution is 2.13. The van der Waals surface area contributed by atoms with Crippen molar-refractivity contribution in [1.82, 2.24) is 10.6 Å². The zero-order valence-corrected chi connectivity index (χ0v) is 9.83. The van der Waals surface area contributed by atoms with Gasteiger partial charge in [-0.05, 0) is 11.6 Å². The molecule has 0 aliphatic heterocycles. The van der Waals surface area contributed by atoms with Crippen LogP contribution in [-0.4, -0.2) is 30.1 Å². The minimum atomic E-state index is -0.996. The van der Waals surface area contributed by atoms with E-state index in [2.05, 4.69) is 10.6 Å². The van der Waals surface area contributed by atoms with Crippen LogP contribution in [0.4, 0.5) is 0 Å². The molecule has 17 heavy (non-hydrogen) atoms. The van der Waals surface area contributed by atoms with E-state index in [4.69, 9.17) is 16.7 Å². The van der Waals surface area contributed by atoms with Crippen LogP contribution in [0.2, 0.25) is 5.02 Å². The lowest BCUT2D eigenvalue weighted by molar-refractivity contribution is -0.136. The highest BCUT2D eigenvalue weighted by molar-refractivity contribution is 6.31. The fraction of sp³-hybridized carbons (Fsp3) is 0.273. The smallest absolute Gasteiger partial charge is 0.317 e. The maximum atomic E-state index is 11.3. The monoisotopic (exact) mass is 256 g/mol. The molecule has 1 amide bonds. The van der Waals surface area contributed by atoms with Gasteiger partial charge < -0.3 is 10.4 Å². The van der Waals surface area contributed by atoms with Gasteiger partial charge in [-0.15, -0.1) is 0 Å². The summed E-state index contributed by atoms with van der Waals surface area (Å²) in [6.45, 7) is 0.0591. The number of hydrogen-bond acceptors (Lipinski definition) is 3. The summed E-state index contributed by atoms with van der Waals surface area (Å²) in [4.78, 5) is 21.5. The van der Waals surface area contributed by atoms with Crippen LogP contribution >= 0.6 is 11.6 Å². The summed E-state index contributed by atoms with van der Waals surface area (Å²) in [6.07, 6.45) is 0. The SMILES string of the molecule is O=C(O)CNCC(=O)NCc1ccccc1Cl. The van der Waals surface area contributed by atoms with E-state index in [0.29, 0.717) is 11.6 Å². The molecular formula is C11H13ClN2O3. The summed E-state index contributed by atoms with van der Waals surface area (Å²) in [5, 5.41) is 14.1. The quantitative estimate of drug-likeness (QED) is 0.698. The van der Waals surface area contributed by atoms with Crippen LogP contribution in [0, 0.1) is 0 Å². The van der Waals surface area contributed by atoms with Gasteiger partial charge in [-0.1, -0.05) is 29.8 Å². The largest absolute Gasteiger partial charge is 0.480 e. The van der Waals surface area contributed by atoms with Gasteiger partial charge in [-0.25, -0.2) is 0 Å². The van der Waals surface area contributed by atoms with E-state index in [9.17, 15) is 9.59 Å². The first kappa shape index (κ1) is 13.5. The number of carboxylic acids is 1. The molecule has 6 heteroatoms. The molecule has 0 aliphatic carbocycles. The lowest BCUT2D eigenvalue weighted by Gasteiger charge is -2.06. The molecule has 0 unspecified atom stereocenters. The Morgan fingerprint density at radius 3 is 2.59 bits per heavy atom. The van der Waals surface area contributed by atoms with Crippen molar-refractivity contribution in [2.24, 2.45) is 0 Å². The molecule has 1 aromatic rings. The number of carboxylic acid groups (broad SMARTS) is 1. The first-order valence-electron chi connectivity index (χ1n) is 5.02. The van der Waals surface area contributed by atoms with Gasteiger partial charge in [-0.2, -0.15) is 0 Å². The van der Waals surface area contributed by atoms with Gasteiger partial charge in [0.05, 0.1) is 13.1 Å². The van der Waals surface area contributed by atoms with Gasteiger partial charge in [0.1, 0.15) is 0 Å². The fourth-order valence-electron chi connectivity index (χ4n) is 1.18. The summed E-state index contributed by atoms with van der Waals surface area (Å²) < 4.78 is 0. The maximum absolute atomic E-state index is 11.3. The summed E-state index contributed by atoms with van der Waals surface area (Å²) in [7, 11) is 0. The third-order valence-electron chi connectivity index (χ3n) is 2.00. The Bertz CT molecular complexity index is 409. The molecule has 0 fully saturated rings. The summed E-state index contributed by atoms with van der Waals surface area (Å²) in [5.74, 6) is -1.27. The van der Waals surface area contributed by atoms with E-state index < -0.39 is 5.97 Å². The Hall–Kier alpha value is -1.59. The number of aliphatic carboxylic acids is 1. The number of hydrogen-bond donors (Lipinski definition) is 3. The molecule has 0 radical (unpaired) electrons. The van der Waals surface area contributed by atoms with Gasteiger partial charge in [-0.3, -0.25) is 14.9 Å². The Balaban J connectivity index is 2.29. The molecule has 0 saturated carbocycles. The lowest BCUT2D eigenvalue weighted by Crippen LogP contribution is -2.35. The summed E-state index contributed by atoms with van der Waals surface area (Å²) >= 11 is 5.91. The van der Waals surface area contributed by atoms with Crippen LogP contribution < -0.4 is 10.6 Å². The standard InChI is InChI=1S/C11H13ClN2O3/c12-9-4-2-1-3-8(9)5-14-10(15)6-13-7-11(16)17/h1-4,13H,5-7H2,(H,14,15)(H,16,17). The normalized spacial score (nSPS) is 9.94. The molecule has 92 valence electrons. The molecule has 1 aromatic carbocycles. The first-order valence-corrected chi connectivity index (χ1v) is 5.40. The van der Waals surface area contributed by atoms with Gasteiger partial charge in [0, 0.05) is 11.6 Å². The third-order valence-corrected chi connectivity index (χ3v) is 2.36. The molecule has 0 saturated heterocycles. The van der Waals surface area contributed by atoms with Crippen LogP contribution in [0.15, 0.2) is 24.3 Å². The number of amides is 1. The number of halogens is 1. The summed E-state index contributed by atoms with van der Waals surface area (Å²) in [6, 6.07) is 7.19. The Morgan fingerprint density at radius 1 is 1.24 bits per heavy atom. The van der Waals surface area contributed by atoms with Crippen molar-refractivity contribution in [1.29, 1.82) is 0 Å². The van der Waals surface area contributed by atoms with Crippen LogP contribution in [-0.2, 0) is 16.1 Å². The second-order valence-corrected chi connectivity index (χ2v) is 3.77. The Labute approximate surface area is 104 Å². The van der Waals surface area contributed by atoms with Crippen LogP contribution in [0.25, 0.3) is 0 Å². The predicted molar refractivity (Wildman–Crippen MR) is 63.8 cm³/mol. The van der Waals surface area contributed by atoms with Crippen molar-refractivity contribution in [2.75, 3.05) is 13.1 Å². The minimum absolute atomic E-state index is 0.0310. The predicted octanol–water partition coefficient (Wildman–Crippen LogP) is 0.630. The number of rotatable bonds is 6. The number of carbonyl (C=O) groups excluding carboxylic acids is 1. The van der Waals surface area contributed by atoms with Crippen molar-refractivity contribution in [3.63, 3.8) is 0 Å². The van der Waals surface area contributed by atoms with Crippen LogP contribution in [0.3, 0.4) is 0 Å². The van der Waals surface area contributed by atoms with Gasteiger partial charge >= 0.3 is 5.97 Å². The van der Waals surface area contributed by atoms with Gasteiger partial charge in [0.15, 0.2) is 0 Å². The van der Waals surface area contributed by atoms with Crippen molar-refractivity contribution in [3.8, 4) is 0 Å². The minimum Gasteiger partial charge on any atom is -0.480 e. The van der Waals surface area contributed by atoms with E-state index in [1.165, 1.54) is 0 Å². The van der Waals surface area contributed by atoms with E-state index in [1.54, 1.807) is 6.07 Å². The molecule has 0 atom stereocenters. The van der Waals surface area contributed by atoms with Gasteiger partial charge in [0.25, 0.3) is 0 Å². The van der Waals surface area contributed by atoms with Crippen molar-refractivity contribution in [3.05, 3.63) is 34.9 Å². The number of benzene rings is 1. The average molecular weight is 257 g/mol. The maximum Gasteiger partial charge on any atom is 0.317 e. The molecule has 0 aliphatic rings. The van der Waals surface area contributed by atoms with Crippen molar-refractivity contribution in [2.45, 2.75) is 6.54 Å². The number of nitrogens with one attached hydrogen (secondary N) is 2. The van der Waals surface area contributed by atoms with Crippen LogP contribution in [0.5, 0.6) is 0 Å². The van der Waals surface area contributed by atoms with Crippen molar-refractivity contribution < 1.29 is 14.7 Å². The van der Waals surface area contributed by atoms with Crippen LogP contribution in [0.1, 0.15) is 5.56 Å². The molecule has 0 heterocycles. The topological polar surface area (TPSA) is 78.4 Å². The second kappa shape index (κ2) is 6.88. The highest BCUT2D eigenvalue weighted by Gasteiger charge is 2.04. The second-order valence-electron chi connectivity index (χ2n) is 3.37. The van der Waals surface area contributed by atoms with Crippen molar-refractivity contribution >= 4 is 23.5 Å². The third kappa shape index (κ3) is 5.33. The summed E-state index contributed by atoms with van der Waals surface area (Å²) in [5.41, 5.74) is 0.820. The molecule has 5 nitrogen and oxygen atoms in total. The van der Waals surface area contributed by atoms with Gasteiger partial charge in [0.2, 0.25) is 5.91 Å². The molecule has 0 bridgehead atoms. The Kier molecular flexibility index (Phi) is 5.45. The highest BCUT2D eigenvalue weighted by atomic mass is 35.5. The zero-order valence-electron chi connectivity index (χ0n) is 9.07. The average Bonchev–Trinajstić information content (AvgIpc) is 2.27. The lowest BCUT2D eigenvalue weighted by atomic mass is 10.2. The fourth-order valence-corrected chi connectivity index (χ4v) is 1.38.